The van der Waals surface area contributed by atoms with Gasteiger partial charge in [0.05, 0.1) is 41.0 Å². The first-order valence-corrected chi connectivity index (χ1v) is 11.8. The van der Waals surface area contributed by atoms with E-state index >= 15 is 0 Å². The number of methoxy groups -OCH3 is 2. The normalized spacial score (nSPS) is 16.8. The maximum Gasteiger partial charge on any atom is 0.301 e. The number of thiazole rings is 1. The van der Waals surface area contributed by atoms with Gasteiger partial charge in [-0.2, -0.15) is 0 Å². The van der Waals surface area contributed by atoms with Gasteiger partial charge in [0.2, 0.25) is 0 Å². The largest absolute Gasteiger partial charge is 0.507 e. The molecule has 1 aliphatic rings. The zero-order valence-corrected chi connectivity index (χ0v) is 20.4. The monoisotopic (exact) mass is 517 g/mol. The zero-order chi connectivity index (χ0) is 26.3. The minimum atomic E-state index is -1.06. The van der Waals surface area contributed by atoms with Crippen LogP contribution >= 0.6 is 11.3 Å². The number of aliphatic hydroxyl groups is 1. The van der Waals surface area contributed by atoms with E-state index in [2.05, 4.69) is 4.98 Å². The van der Waals surface area contributed by atoms with Crippen LogP contribution in [0.1, 0.15) is 17.2 Å². The Balaban J connectivity index is 1.70. The number of aromatic nitrogens is 1. The van der Waals surface area contributed by atoms with Gasteiger partial charge in [-0.25, -0.2) is 4.98 Å². The van der Waals surface area contributed by atoms with E-state index in [0.29, 0.717) is 28.1 Å². The van der Waals surface area contributed by atoms with E-state index in [9.17, 15) is 24.8 Å². The standard InChI is InChI=1S/C26H19N3O7S/c1-35-17-9-5-15(6-10-17)23(30)21-22(14-3-7-16(8-4-14)29(33)34)28(25(32)24(21)31)26-27-19-12-11-18(36-2)13-20(19)37-26/h3-13,22,30H,1-2H3/b23-21+/t22-/m1/s1. The predicted octanol–water partition coefficient (Wildman–Crippen LogP) is 4.85. The second kappa shape index (κ2) is 9.36. The van der Waals surface area contributed by atoms with Gasteiger partial charge >= 0.3 is 5.91 Å². The van der Waals surface area contributed by atoms with Crippen LogP contribution in [0.15, 0.2) is 72.3 Å². The van der Waals surface area contributed by atoms with Gasteiger partial charge < -0.3 is 14.6 Å². The van der Waals surface area contributed by atoms with Gasteiger partial charge in [-0.05, 0) is 60.2 Å². The van der Waals surface area contributed by atoms with Gasteiger partial charge in [-0.1, -0.05) is 11.3 Å². The van der Waals surface area contributed by atoms with E-state index in [1.54, 1.807) is 42.5 Å². The molecule has 0 bridgehead atoms. The van der Waals surface area contributed by atoms with Crippen LogP contribution in [0.2, 0.25) is 0 Å². The number of ether oxygens (including phenoxy) is 2. The molecule has 0 unspecified atom stereocenters. The molecule has 186 valence electrons. The minimum absolute atomic E-state index is 0.150. The summed E-state index contributed by atoms with van der Waals surface area (Å²) in [5.41, 5.74) is 1.00. The Morgan fingerprint density at radius 1 is 1.00 bits per heavy atom. The number of rotatable bonds is 6. The van der Waals surface area contributed by atoms with Crippen molar-refractivity contribution in [3.8, 4) is 11.5 Å². The van der Waals surface area contributed by atoms with E-state index in [4.69, 9.17) is 9.47 Å². The lowest BCUT2D eigenvalue weighted by Crippen LogP contribution is -2.29. The Morgan fingerprint density at radius 2 is 1.65 bits per heavy atom. The van der Waals surface area contributed by atoms with Crippen molar-refractivity contribution < 1.29 is 29.1 Å². The maximum absolute atomic E-state index is 13.4. The second-order valence-electron chi connectivity index (χ2n) is 8.08. The number of nitrogens with zero attached hydrogens (tertiary/aromatic N) is 3. The highest BCUT2D eigenvalue weighted by molar-refractivity contribution is 7.22. The van der Waals surface area contributed by atoms with E-state index in [1.807, 2.05) is 0 Å². The number of hydrogen-bond acceptors (Lipinski definition) is 9. The average molecular weight is 518 g/mol. The van der Waals surface area contributed by atoms with E-state index < -0.39 is 22.7 Å². The number of carbonyl (C=O) groups is 2. The van der Waals surface area contributed by atoms with Crippen molar-refractivity contribution in [1.29, 1.82) is 0 Å². The molecule has 1 fully saturated rings. The van der Waals surface area contributed by atoms with Crippen LogP contribution in [0.3, 0.4) is 0 Å². The number of hydrogen-bond donors (Lipinski definition) is 1. The Morgan fingerprint density at radius 3 is 2.27 bits per heavy atom. The van der Waals surface area contributed by atoms with Gasteiger partial charge in [-0.3, -0.25) is 24.6 Å². The Kier molecular flexibility index (Phi) is 6.06. The number of ketones is 1. The molecule has 11 heteroatoms. The zero-order valence-electron chi connectivity index (χ0n) is 19.6. The molecule has 1 amide bonds. The Bertz CT molecular complexity index is 1580. The number of nitro groups is 1. The van der Waals surface area contributed by atoms with Crippen molar-refractivity contribution >= 4 is 49.8 Å². The number of anilines is 1. The second-order valence-corrected chi connectivity index (χ2v) is 9.09. The van der Waals surface area contributed by atoms with Crippen molar-refractivity contribution in [3.05, 3.63) is 93.5 Å². The molecule has 1 saturated heterocycles. The number of Topliss-reactive ketones (excluding diaryl/α,β-unsaturated/α-hetero) is 1. The van der Waals surface area contributed by atoms with Crippen LogP contribution in [0.4, 0.5) is 10.8 Å². The molecule has 1 aromatic heterocycles. The van der Waals surface area contributed by atoms with Crippen LogP contribution < -0.4 is 14.4 Å². The SMILES string of the molecule is COc1ccc(/C(O)=C2\C(=O)C(=O)N(c3nc4ccc(OC)cc4s3)[C@@H]2c2ccc([N+](=O)[O-])cc2)cc1. The topological polar surface area (TPSA) is 132 Å². The minimum Gasteiger partial charge on any atom is -0.507 e. The summed E-state index contributed by atoms with van der Waals surface area (Å²) >= 11 is 1.18. The van der Waals surface area contributed by atoms with Crippen molar-refractivity contribution in [2.24, 2.45) is 0 Å². The number of amides is 1. The molecule has 10 nitrogen and oxygen atoms in total. The van der Waals surface area contributed by atoms with Gasteiger partial charge in [0.25, 0.3) is 11.5 Å². The average Bonchev–Trinajstić information content (AvgIpc) is 3.45. The van der Waals surface area contributed by atoms with Crippen molar-refractivity contribution in [3.63, 3.8) is 0 Å². The van der Waals surface area contributed by atoms with Crippen molar-refractivity contribution in [2.45, 2.75) is 6.04 Å². The molecule has 0 radical (unpaired) electrons. The molecular formula is C26H19N3O7S. The summed E-state index contributed by atoms with van der Waals surface area (Å²) < 4.78 is 11.2. The summed E-state index contributed by atoms with van der Waals surface area (Å²) in [7, 11) is 3.04. The lowest BCUT2D eigenvalue weighted by atomic mass is 9.95. The molecule has 0 saturated carbocycles. The maximum atomic E-state index is 13.4. The summed E-state index contributed by atoms with van der Waals surface area (Å²) in [6, 6.07) is 16.0. The van der Waals surface area contributed by atoms with E-state index in [-0.39, 0.29) is 22.2 Å². The fourth-order valence-corrected chi connectivity index (χ4v) is 5.17. The van der Waals surface area contributed by atoms with E-state index in [1.165, 1.54) is 54.7 Å². The fourth-order valence-electron chi connectivity index (χ4n) is 4.15. The molecular weight excluding hydrogens is 498 g/mol. The number of non-ortho nitro benzene ring substituents is 1. The number of nitro benzene ring substituents is 1. The van der Waals surface area contributed by atoms with Gasteiger partial charge in [-0.15, -0.1) is 0 Å². The first-order chi connectivity index (χ1) is 17.8. The molecule has 4 aromatic rings. The van der Waals surface area contributed by atoms with Crippen LogP contribution in [-0.4, -0.2) is 40.9 Å². The third-order valence-corrected chi connectivity index (χ3v) is 7.04. The molecule has 37 heavy (non-hydrogen) atoms. The number of benzene rings is 3. The summed E-state index contributed by atoms with van der Waals surface area (Å²) in [5, 5.41) is 22.6. The summed E-state index contributed by atoms with van der Waals surface area (Å²) in [4.78, 5) is 43.1. The Hall–Kier alpha value is -4.77. The summed E-state index contributed by atoms with van der Waals surface area (Å²) in [5.74, 6) is -0.988. The van der Waals surface area contributed by atoms with Gasteiger partial charge in [0, 0.05) is 17.7 Å². The van der Waals surface area contributed by atoms with Crippen LogP contribution in [0.5, 0.6) is 11.5 Å². The third kappa shape index (κ3) is 4.15. The number of fused-ring (bicyclic) bond motifs is 1. The third-order valence-electron chi connectivity index (χ3n) is 6.02. The predicted molar refractivity (Wildman–Crippen MR) is 137 cm³/mol. The smallest absolute Gasteiger partial charge is 0.301 e. The lowest BCUT2D eigenvalue weighted by Gasteiger charge is -2.22. The number of carbonyl (C=O) groups excluding carboxylic acids is 2. The van der Waals surface area contributed by atoms with Gasteiger partial charge in [0.1, 0.15) is 17.3 Å². The highest BCUT2D eigenvalue weighted by atomic mass is 32.1. The van der Waals surface area contributed by atoms with Gasteiger partial charge in [0.15, 0.2) is 5.13 Å². The molecule has 1 N–H and O–H groups in total. The summed E-state index contributed by atoms with van der Waals surface area (Å²) in [6.07, 6.45) is 0. The fraction of sp³-hybridized carbons (Fsp3) is 0.115. The highest BCUT2D eigenvalue weighted by Crippen LogP contribution is 2.45. The van der Waals surface area contributed by atoms with E-state index in [0.717, 1.165) is 4.70 Å². The first-order valence-electron chi connectivity index (χ1n) is 11.0. The summed E-state index contributed by atoms with van der Waals surface area (Å²) in [6.45, 7) is 0. The Labute approximate surface area is 214 Å². The van der Waals surface area contributed by atoms with Crippen LogP contribution in [-0.2, 0) is 9.59 Å². The van der Waals surface area contributed by atoms with Crippen LogP contribution in [0, 0.1) is 10.1 Å². The molecule has 0 spiro atoms. The van der Waals surface area contributed by atoms with Crippen molar-refractivity contribution in [2.75, 3.05) is 19.1 Å². The molecule has 1 aliphatic heterocycles. The van der Waals surface area contributed by atoms with Crippen LogP contribution in [0.25, 0.3) is 16.0 Å². The lowest BCUT2D eigenvalue weighted by molar-refractivity contribution is -0.384. The molecule has 1 atom stereocenters. The van der Waals surface area contributed by atoms with Crippen molar-refractivity contribution in [1.82, 2.24) is 4.98 Å². The molecule has 5 rings (SSSR count). The first kappa shape index (κ1) is 23.9. The molecule has 3 aromatic carbocycles. The molecule has 2 heterocycles. The molecule has 0 aliphatic carbocycles. The highest BCUT2D eigenvalue weighted by Gasteiger charge is 2.48. The quantitative estimate of drug-likeness (QED) is 0.126. The number of aliphatic hydroxyl groups excluding tert-OH is 1.